The zero-order valence-electron chi connectivity index (χ0n) is 7.92. The summed E-state index contributed by atoms with van der Waals surface area (Å²) < 4.78 is 0. The summed E-state index contributed by atoms with van der Waals surface area (Å²) >= 11 is 1.81. The van der Waals surface area contributed by atoms with Crippen molar-refractivity contribution in [1.29, 1.82) is 0 Å². The molecule has 0 fully saturated rings. The number of likely N-dealkylation sites (N-methyl/N-ethyl adjacent to an activating group) is 1. The summed E-state index contributed by atoms with van der Waals surface area (Å²) in [5.74, 6) is 2.68. The Hall–Kier alpha value is -0.780. The number of hydrogen-bond donors (Lipinski definition) is 1. The van der Waals surface area contributed by atoms with Gasteiger partial charge in [0.05, 0.1) is 0 Å². The lowest BCUT2D eigenvalue weighted by atomic mass is 10.1. The van der Waals surface area contributed by atoms with Crippen LogP contribution in [0.15, 0.2) is 17.5 Å². The van der Waals surface area contributed by atoms with Crippen molar-refractivity contribution in [3.63, 3.8) is 0 Å². The molecule has 0 radical (unpaired) electrons. The van der Waals surface area contributed by atoms with Crippen LogP contribution in [0.4, 0.5) is 0 Å². The van der Waals surface area contributed by atoms with Gasteiger partial charge in [0.25, 0.3) is 0 Å². The van der Waals surface area contributed by atoms with E-state index in [-0.39, 0.29) is 0 Å². The van der Waals surface area contributed by atoms with E-state index in [4.69, 9.17) is 6.42 Å². The monoisotopic (exact) mass is 193 g/mol. The van der Waals surface area contributed by atoms with Crippen LogP contribution >= 0.6 is 11.3 Å². The molecular formula is C11H15NS. The number of terminal acetylenes is 1. The van der Waals surface area contributed by atoms with Crippen LogP contribution in [-0.4, -0.2) is 13.1 Å². The molecule has 1 nitrogen and oxygen atoms in total. The maximum Gasteiger partial charge on any atom is 0.0121 e. The molecule has 13 heavy (non-hydrogen) atoms. The summed E-state index contributed by atoms with van der Waals surface area (Å²) in [6.07, 6.45) is 8.24. The van der Waals surface area contributed by atoms with E-state index in [9.17, 15) is 0 Å². The van der Waals surface area contributed by atoms with Gasteiger partial charge >= 0.3 is 0 Å². The molecular weight excluding hydrogens is 178 g/mol. The average molecular weight is 193 g/mol. The van der Waals surface area contributed by atoms with Gasteiger partial charge in [-0.3, -0.25) is 0 Å². The Morgan fingerprint density at radius 1 is 1.69 bits per heavy atom. The highest BCUT2D eigenvalue weighted by atomic mass is 32.1. The SMILES string of the molecule is C#CCCC(Cc1cccs1)NC. The van der Waals surface area contributed by atoms with Gasteiger partial charge in [-0.1, -0.05) is 6.07 Å². The summed E-state index contributed by atoms with van der Waals surface area (Å²) in [4.78, 5) is 1.43. The predicted octanol–water partition coefficient (Wildman–Crippen LogP) is 2.29. The highest BCUT2D eigenvalue weighted by molar-refractivity contribution is 7.09. The van der Waals surface area contributed by atoms with E-state index in [0.717, 1.165) is 19.3 Å². The fourth-order valence-corrected chi connectivity index (χ4v) is 2.06. The van der Waals surface area contributed by atoms with Gasteiger partial charge in [0, 0.05) is 17.3 Å². The number of hydrogen-bond acceptors (Lipinski definition) is 2. The van der Waals surface area contributed by atoms with Crippen LogP contribution in [0, 0.1) is 12.3 Å². The lowest BCUT2D eigenvalue weighted by molar-refractivity contribution is 0.531. The first kappa shape index (κ1) is 10.3. The number of nitrogens with one attached hydrogen (secondary N) is 1. The molecule has 0 aliphatic heterocycles. The molecule has 1 aromatic heterocycles. The Labute approximate surface area is 84.2 Å². The highest BCUT2D eigenvalue weighted by Crippen LogP contribution is 2.12. The fourth-order valence-electron chi connectivity index (χ4n) is 1.28. The van der Waals surface area contributed by atoms with Crippen molar-refractivity contribution in [2.45, 2.75) is 25.3 Å². The van der Waals surface area contributed by atoms with Gasteiger partial charge < -0.3 is 5.32 Å². The van der Waals surface area contributed by atoms with E-state index in [1.807, 2.05) is 18.4 Å². The first-order valence-electron chi connectivity index (χ1n) is 4.50. The molecule has 70 valence electrons. The van der Waals surface area contributed by atoms with Crippen molar-refractivity contribution in [1.82, 2.24) is 5.32 Å². The molecule has 0 spiro atoms. The van der Waals surface area contributed by atoms with Crippen molar-refractivity contribution in [2.24, 2.45) is 0 Å². The molecule has 0 saturated carbocycles. The third kappa shape index (κ3) is 3.63. The van der Waals surface area contributed by atoms with Crippen molar-refractivity contribution in [2.75, 3.05) is 7.05 Å². The van der Waals surface area contributed by atoms with Crippen LogP contribution < -0.4 is 5.32 Å². The summed E-state index contributed by atoms with van der Waals surface area (Å²) in [5, 5.41) is 5.40. The minimum atomic E-state index is 0.523. The van der Waals surface area contributed by atoms with Gasteiger partial charge in [-0.15, -0.1) is 23.7 Å². The van der Waals surface area contributed by atoms with Gasteiger partial charge in [-0.05, 0) is 31.3 Å². The van der Waals surface area contributed by atoms with Gasteiger partial charge in [-0.25, -0.2) is 0 Å². The van der Waals surface area contributed by atoms with Crippen LogP contribution in [0.5, 0.6) is 0 Å². The number of thiophene rings is 1. The molecule has 0 aliphatic rings. The van der Waals surface area contributed by atoms with Crippen LogP contribution in [0.3, 0.4) is 0 Å². The molecule has 1 aromatic rings. The molecule has 0 saturated heterocycles. The Balaban J connectivity index is 2.36. The topological polar surface area (TPSA) is 12.0 Å². The largest absolute Gasteiger partial charge is 0.317 e. The summed E-state index contributed by atoms with van der Waals surface area (Å²) in [7, 11) is 1.99. The average Bonchev–Trinajstić information content (AvgIpc) is 2.64. The summed E-state index contributed by atoms with van der Waals surface area (Å²) in [5.41, 5.74) is 0. The smallest absolute Gasteiger partial charge is 0.0121 e. The Bertz CT molecular complexity index is 258. The molecule has 1 atom stereocenters. The lowest BCUT2D eigenvalue weighted by Gasteiger charge is -2.13. The first-order chi connectivity index (χ1) is 6.36. The lowest BCUT2D eigenvalue weighted by Crippen LogP contribution is -2.26. The molecule has 1 unspecified atom stereocenters. The van der Waals surface area contributed by atoms with Gasteiger partial charge in [-0.2, -0.15) is 0 Å². The zero-order chi connectivity index (χ0) is 9.52. The summed E-state index contributed by atoms with van der Waals surface area (Å²) in [6, 6.07) is 4.79. The standard InChI is InChI=1S/C11H15NS/c1-3-4-6-10(12-2)9-11-7-5-8-13-11/h1,5,7-8,10,12H,4,6,9H2,2H3. The zero-order valence-corrected chi connectivity index (χ0v) is 8.73. The van der Waals surface area contributed by atoms with Crippen LogP contribution in [-0.2, 0) is 6.42 Å². The van der Waals surface area contributed by atoms with Crippen molar-refractivity contribution in [3.05, 3.63) is 22.4 Å². The second-order valence-electron chi connectivity index (χ2n) is 3.01. The van der Waals surface area contributed by atoms with Crippen molar-refractivity contribution < 1.29 is 0 Å². The Kier molecular flexibility index (Phi) is 4.59. The van der Waals surface area contributed by atoms with E-state index in [1.165, 1.54) is 4.88 Å². The molecule has 1 N–H and O–H groups in total. The minimum Gasteiger partial charge on any atom is -0.317 e. The van der Waals surface area contributed by atoms with Gasteiger partial charge in [0.1, 0.15) is 0 Å². The van der Waals surface area contributed by atoms with E-state index in [1.54, 1.807) is 0 Å². The number of rotatable bonds is 5. The Morgan fingerprint density at radius 2 is 2.54 bits per heavy atom. The molecule has 1 heterocycles. The molecule has 0 bridgehead atoms. The predicted molar refractivity (Wildman–Crippen MR) is 58.9 cm³/mol. The van der Waals surface area contributed by atoms with Crippen LogP contribution in [0.2, 0.25) is 0 Å². The van der Waals surface area contributed by atoms with E-state index in [2.05, 4.69) is 28.8 Å². The molecule has 0 aliphatic carbocycles. The van der Waals surface area contributed by atoms with E-state index in [0.29, 0.717) is 6.04 Å². The third-order valence-corrected chi connectivity index (χ3v) is 2.97. The second-order valence-corrected chi connectivity index (χ2v) is 4.04. The van der Waals surface area contributed by atoms with Crippen molar-refractivity contribution in [3.8, 4) is 12.3 Å². The first-order valence-corrected chi connectivity index (χ1v) is 5.38. The Morgan fingerprint density at radius 3 is 3.08 bits per heavy atom. The highest BCUT2D eigenvalue weighted by Gasteiger charge is 2.06. The third-order valence-electron chi connectivity index (χ3n) is 2.07. The fraction of sp³-hybridized carbons (Fsp3) is 0.455. The molecule has 2 heteroatoms. The second kappa shape index (κ2) is 5.80. The maximum absolute atomic E-state index is 5.23. The molecule has 0 aromatic carbocycles. The normalized spacial score (nSPS) is 12.3. The van der Waals surface area contributed by atoms with Crippen LogP contribution in [0.25, 0.3) is 0 Å². The minimum absolute atomic E-state index is 0.523. The van der Waals surface area contributed by atoms with E-state index >= 15 is 0 Å². The van der Waals surface area contributed by atoms with Crippen molar-refractivity contribution >= 4 is 11.3 Å². The molecule has 0 amide bonds. The van der Waals surface area contributed by atoms with E-state index < -0.39 is 0 Å². The van der Waals surface area contributed by atoms with Gasteiger partial charge in [0.15, 0.2) is 0 Å². The van der Waals surface area contributed by atoms with Gasteiger partial charge in [0.2, 0.25) is 0 Å². The maximum atomic E-state index is 5.23. The molecule has 1 rings (SSSR count). The van der Waals surface area contributed by atoms with Crippen LogP contribution in [0.1, 0.15) is 17.7 Å². The quantitative estimate of drug-likeness (QED) is 0.707. The summed E-state index contributed by atoms with van der Waals surface area (Å²) in [6.45, 7) is 0.